The van der Waals surface area contributed by atoms with Gasteiger partial charge in [0.25, 0.3) is 5.69 Å². The lowest BCUT2D eigenvalue weighted by Gasteiger charge is -2.32. The van der Waals surface area contributed by atoms with E-state index in [1.807, 2.05) is 6.92 Å². The average Bonchev–Trinajstić information content (AvgIpc) is 2.91. The predicted octanol–water partition coefficient (Wildman–Crippen LogP) is 3.19. The van der Waals surface area contributed by atoms with E-state index in [1.165, 1.54) is 38.2 Å². The van der Waals surface area contributed by atoms with E-state index in [0.29, 0.717) is 18.4 Å². The molecule has 2 atom stereocenters. The maximum Gasteiger partial charge on any atom is 0.276 e. The van der Waals surface area contributed by atoms with E-state index in [1.54, 1.807) is 6.07 Å². The highest BCUT2D eigenvalue weighted by Crippen LogP contribution is 2.39. The molecule has 1 aromatic heterocycles. The van der Waals surface area contributed by atoms with Gasteiger partial charge >= 0.3 is 0 Å². The van der Waals surface area contributed by atoms with Gasteiger partial charge in [-0.3, -0.25) is 10.1 Å². The molecule has 1 saturated carbocycles. The molecule has 1 saturated heterocycles. The highest BCUT2D eigenvalue weighted by molar-refractivity contribution is 5.57. The molecule has 0 spiro atoms. The lowest BCUT2D eigenvalue weighted by molar-refractivity contribution is -0.384. The van der Waals surface area contributed by atoms with Crippen molar-refractivity contribution < 1.29 is 4.92 Å². The van der Waals surface area contributed by atoms with E-state index in [9.17, 15) is 10.1 Å². The highest BCUT2D eigenvalue weighted by atomic mass is 16.6. The maximum atomic E-state index is 11.1. The van der Waals surface area contributed by atoms with Crippen LogP contribution in [0.1, 0.15) is 39.0 Å². The summed E-state index contributed by atoms with van der Waals surface area (Å²) < 4.78 is 0. The maximum absolute atomic E-state index is 11.1. The first-order chi connectivity index (χ1) is 10.2. The molecule has 21 heavy (non-hydrogen) atoms. The molecule has 6 heteroatoms. The minimum Gasteiger partial charge on any atom is -0.370 e. The molecule has 2 aliphatic rings. The van der Waals surface area contributed by atoms with Gasteiger partial charge in [0.05, 0.1) is 17.1 Å². The van der Waals surface area contributed by atoms with Gasteiger partial charge in [0.1, 0.15) is 11.6 Å². The molecule has 0 amide bonds. The summed E-state index contributed by atoms with van der Waals surface area (Å²) in [5, 5.41) is 14.2. The Balaban J connectivity index is 1.91. The Morgan fingerprint density at radius 3 is 2.95 bits per heavy atom. The van der Waals surface area contributed by atoms with Gasteiger partial charge in [-0.1, -0.05) is 12.8 Å². The summed E-state index contributed by atoms with van der Waals surface area (Å²) in [6, 6.07) is 3.65. The Hall–Kier alpha value is -1.85. The number of nitro groups is 1. The zero-order chi connectivity index (χ0) is 14.8. The molecule has 0 bridgehead atoms. The molecule has 1 N–H and O–H groups in total. The van der Waals surface area contributed by atoms with Gasteiger partial charge in [-0.15, -0.1) is 0 Å². The van der Waals surface area contributed by atoms with E-state index in [2.05, 4.69) is 15.2 Å². The number of pyridine rings is 1. The lowest BCUT2D eigenvalue weighted by Crippen LogP contribution is -2.35. The molecule has 0 aromatic carbocycles. The number of rotatable bonds is 4. The highest BCUT2D eigenvalue weighted by Gasteiger charge is 2.36. The van der Waals surface area contributed by atoms with Crippen molar-refractivity contribution in [3.63, 3.8) is 0 Å². The fraction of sp³-hybridized carbons (Fsp3) is 0.667. The topological polar surface area (TPSA) is 71.3 Å². The Morgan fingerprint density at radius 1 is 1.38 bits per heavy atom. The molecule has 114 valence electrons. The first-order valence-electron chi connectivity index (χ1n) is 7.86. The van der Waals surface area contributed by atoms with Gasteiger partial charge in [-0.25, -0.2) is 4.98 Å². The lowest BCUT2D eigenvalue weighted by atomic mass is 9.85. The Labute approximate surface area is 124 Å². The fourth-order valence-corrected chi connectivity index (χ4v) is 3.72. The first kappa shape index (κ1) is 14.1. The van der Waals surface area contributed by atoms with E-state index in [0.717, 1.165) is 18.3 Å². The van der Waals surface area contributed by atoms with Crippen molar-refractivity contribution in [2.75, 3.05) is 23.3 Å². The summed E-state index contributed by atoms with van der Waals surface area (Å²) in [6.45, 7) is 3.64. The SMILES string of the molecule is CCNc1cc([N+](=O)[O-])cc(N2CCC3CCCCC32)n1. The van der Waals surface area contributed by atoms with Crippen LogP contribution in [-0.2, 0) is 0 Å². The van der Waals surface area contributed by atoms with Crippen LogP contribution in [0, 0.1) is 16.0 Å². The summed E-state index contributed by atoms with van der Waals surface area (Å²) >= 11 is 0. The normalized spacial score (nSPS) is 24.7. The second kappa shape index (κ2) is 5.87. The molecule has 3 rings (SSSR count). The van der Waals surface area contributed by atoms with Crippen LogP contribution in [0.5, 0.6) is 0 Å². The van der Waals surface area contributed by atoms with Crippen LogP contribution >= 0.6 is 0 Å². The third-order valence-electron chi connectivity index (χ3n) is 4.67. The second-order valence-corrected chi connectivity index (χ2v) is 5.95. The Morgan fingerprint density at radius 2 is 2.19 bits per heavy atom. The van der Waals surface area contributed by atoms with Crippen LogP contribution in [0.25, 0.3) is 0 Å². The van der Waals surface area contributed by atoms with Gasteiger partial charge in [-0.2, -0.15) is 0 Å². The van der Waals surface area contributed by atoms with Crippen LogP contribution < -0.4 is 10.2 Å². The molecular weight excluding hydrogens is 268 g/mol. The van der Waals surface area contributed by atoms with Gasteiger partial charge < -0.3 is 10.2 Å². The summed E-state index contributed by atoms with van der Waals surface area (Å²) in [5.41, 5.74) is 0.121. The van der Waals surface area contributed by atoms with Crippen LogP contribution in [0.15, 0.2) is 12.1 Å². The number of nitrogens with zero attached hydrogens (tertiary/aromatic N) is 3. The summed E-state index contributed by atoms with van der Waals surface area (Å²) in [5.74, 6) is 2.10. The molecule has 1 aliphatic carbocycles. The number of hydrogen-bond donors (Lipinski definition) is 1. The van der Waals surface area contributed by atoms with Crippen molar-refractivity contribution >= 4 is 17.3 Å². The van der Waals surface area contributed by atoms with Gasteiger partial charge in [0.15, 0.2) is 0 Å². The van der Waals surface area contributed by atoms with Crippen LogP contribution in [0.2, 0.25) is 0 Å². The smallest absolute Gasteiger partial charge is 0.276 e. The standard InChI is InChI=1S/C15H22N4O2/c1-2-16-14-9-12(19(20)21)10-15(17-14)18-8-7-11-5-3-4-6-13(11)18/h9-11,13H,2-8H2,1H3,(H,16,17). The molecule has 1 aliphatic heterocycles. The number of hydrogen-bond acceptors (Lipinski definition) is 5. The van der Waals surface area contributed by atoms with Gasteiger partial charge in [0.2, 0.25) is 0 Å². The molecule has 2 fully saturated rings. The van der Waals surface area contributed by atoms with Crippen LogP contribution in [0.4, 0.5) is 17.3 Å². The van der Waals surface area contributed by atoms with Gasteiger partial charge in [0, 0.05) is 19.1 Å². The zero-order valence-corrected chi connectivity index (χ0v) is 12.4. The van der Waals surface area contributed by atoms with Crippen molar-refractivity contribution in [2.45, 2.75) is 45.1 Å². The number of fused-ring (bicyclic) bond motifs is 1. The molecule has 0 radical (unpaired) electrons. The van der Waals surface area contributed by atoms with Crippen molar-refractivity contribution in [3.8, 4) is 0 Å². The number of nitrogens with one attached hydrogen (secondary N) is 1. The van der Waals surface area contributed by atoms with Crippen molar-refractivity contribution in [3.05, 3.63) is 22.2 Å². The summed E-state index contributed by atoms with van der Waals surface area (Å²) in [6.07, 6.45) is 6.24. The van der Waals surface area contributed by atoms with Crippen molar-refractivity contribution in [1.29, 1.82) is 0 Å². The molecule has 6 nitrogen and oxygen atoms in total. The minimum atomic E-state index is -0.333. The first-order valence-corrected chi connectivity index (χ1v) is 7.86. The predicted molar refractivity (Wildman–Crippen MR) is 82.8 cm³/mol. The fourth-order valence-electron chi connectivity index (χ4n) is 3.72. The molecular formula is C15H22N4O2. The van der Waals surface area contributed by atoms with Crippen molar-refractivity contribution in [1.82, 2.24) is 4.98 Å². The number of anilines is 2. The van der Waals surface area contributed by atoms with Crippen LogP contribution in [-0.4, -0.2) is 29.0 Å². The van der Waals surface area contributed by atoms with Gasteiger partial charge in [-0.05, 0) is 32.1 Å². The quantitative estimate of drug-likeness (QED) is 0.681. The summed E-state index contributed by atoms with van der Waals surface area (Å²) in [7, 11) is 0. The van der Waals surface area contributed by atoms with Crippen LogP contribution in [0.3, 0.4) is 0 Å². The molecule has 2 heterocycles. The Kier molecular flexibility index (Phi) is 3.94. The minimum absolute atomic E-state index is 0.121. The van der Waals surface area contributed by atoms with Crippen molar-refractivity contribution in [2.24, 2.45) is 5.92 Å². The van der Waals surface area contributed by atoms with E-state index < -0.39 is 0 Å². The Bertz CT molecular complexity index is 534. The monoisotopic (exact) mass is 290 g/mol. The number of aromatic nitrogens is 1. The van der Waals surface area contributed by atoms with E-state index >= 15 is 0 Å². The largest absolute Gasteiger partial charge is 0.370 e. The summed E-state index contributed by atoms with van der Waals surface area (Å²) in [4.78, 5) is 17.7. The molecule has 1 aromatic rings. The average molecular weight is 290 g/mol. The zero-order valence-electron chi connectivity index (χ0n) is 12.4. The third kappa shape index (κ3) is 2.80. The second-order valence-electron chi connectivity index (χ2n) is 5.95. The molecule has 2 unspecified atom stereocenters. The van der Waals surface area contributed by atoms with E-state index in [4.69, 9.17) is 0 Å². The third-order valence-corrected chi connectivity index (χ3v) is 4.67. The van der Waals surface area contributed by atoms with E-state index in [-0.39, 0.29) is 10.6 Å².